The van der Waals surface area contributed by atoms with Crippen molar-refractivity contribution in [2.75, 3.05) is 19.0 Å². The topological polar surface area (TPSA) is 105 Å². The number of aromatic nitrogens is 3. The van der Waals surface area contributed by atoms with Gasteiger partial charge in [-0.2, -0.15) is 0 Å². The molecule has 0 aliphatic carbocycles. The van der Waals surface area contributed by atoms with E-state index in [1.54, 1.807) is 16.7 Å². The number of carbonyl (C=O) groups is 1. The highest BCUT2D eigenvalue weighted by Crippen LogP contribution is 2.32. The maximum Gasteiger partial charge on any atom is 0.261 e. The van der Waals surface area contributed by atoms with Gasteiger partial charge in [0.2, 0.25) is 5.43 Å². The molecule has 41 heavy (non-hydrogen) atoms. The number of anilines is 1. The van der Waals surface area contributed by atoms with Crippen LogP contribution in [0.2, 0.25) is 0 Å². The molecular weight excluding hydrogens is 534 g/mol. The van der Waals surface area contributed by atoms with Crippen molar-refractivity contribution in [1.29, 1.82) is 0 Å². The molecule has 0 fully saturated rings. The predicted octanol–water partition coefficient (Wildman–Crippen LogP) is 5.32. The molecular formula is C30H22F2N4O5. The number of pyridine rings is 3. The first-order valence-electron chi connectivity index (χ1n) is 12.6. The van der Waals surface area contributed by atoms with E-state index in [9.17, 15) is 14.0 Å². The number of rotatable bonds is 6. The number of amides is 1. The maximum absolute atomic E-state index is 15.1. The number of carbonyl (C=O) groups excluding carboxylic acids is 1. The second kappa shape index (κ2) is 10.8. The third-order valence-electron chi connectivity index (χ3n) is 6.65. The molecule has 9 nitrogen and oxygen atoms in total. The standard InChI is InChI=1S/C30H22F2N4O5/c1-39-20-13-23-28(34-14-20)26(8-9-33-23)41-25-7-6-19(12-22(25)32)35-30(38)21-15-36-10-11-40-16-24(36)27(29(21)37)17-2-4-18(31)5-3-17/h2-9,12-15H,10-11,16H2,1H3,(H,35,38). The molecule has 3 aromatic heterocycles. The van der Waals surface area contributed by atoms with Crippen LogP contribution in [0.15, 0.2) is 78.0 Å². The van der Waals surface area contributed by atoms with Gasteiger partial charge in [0.05, 0.1) is 43.3 Å². The van der Waals surface area contributed by atoms with E-state index >= 15 is 4.39 Å². The molecule has 0 spiro atoms. The van der Waals surface area contributed by atoms with Gasteiger partial charge in [0.25, 0.3) is 5.91 Å². The molecule has 1 aliphatic rings. The number of methoxy groups -OCH3 is 1. The Morgan fingerprint density at radius 3 is 2.66 bits per heavy atom. The molecule has 0 bridgehead atoms. The Bertz CT molecular complexity index is 1860. The van der Waals surface area contributed by atoms with Gasteiger partial charge in [0.1, 0.15) is 22.6 Å². The van der Waals surface area contributed by atoms with Crippen molar-refractivity contribution in [3.63, 3.8) is 0 Å². The molecule has 6 rings (SSSR count). The van der Waals surface area contributed by atoms with Crippen LogP contribution in [-0.4, -0.2) is 34.2 Å². The van der Waals surface area contributed by atoms with E-state index in [2.05, 4.69) is 15.3 Å². The fraction of sp³-hybridized carbons (Fsp3) is 0.133. The van der Waals surface area contributed by atoms with Crippen LogP contribution < -0.4 is 20.2 Å². The molecule has 11 heteroatoms. The first kappa shape index (κ1) is 26.1. The van der Waals surface area contributed by atoms with Crippen molar-refractivity contribution in [2.45, 2.75) is 13.2 Å². The molecule has 206 valence electrons. The number of nitrogens with one attached hydrogen (secondary N) is 1. The van der Waals surface area contributed by atoms with Gasteiger partial charge >= 0.3 is 0 Å². The second-order valence-electron chi connectivity index (χ2n) is 9.20. The summed E-state index contributed by atoms with van der Waals surface area (Å²) < 4.78 is 46.9. The minimum atomic E-state index is -0.743. The summed E-state index contributed by atoms with van der Waals surface area (Å²) in [5, 5.41) is 2.59. The first-order chi connectivity index (χ1) is 19.9. The molecule has 0 saturated carbocycles. The fourth-order valence-corrected chi connectivity index (χ4v) is 4.62. The average molecular weight is 557 g/mol. The lowest BCUT2D eigenvalue weighted by Gasteiger charge is -2.23. The van der Waals surface area contributed by atoms with Crippen LogP contribution >= 0.6 is 0 Å². The Kier molecular flexibility index (Phi) is 6.86. The van der Waals surface area contributed by atoms with Gasteiger partial charge in [0, 0.05) is 42.8 Å². The summed E-state index contributed by atoms with van der Waals surface area (Å²) in [6.07, 6.45) is 4.48. The van der Waals surface area contributed by atoms with Crippen molar-refractivity contribution >= 4 is 22.6 Å². The van der Waals surface area contributed by atoms with Crippen LogP contribution in [0.4, 0.5) is 14.5 Å². The van der Waals surface area contributed by atoms with E-state index in [1.807, 2.05) is 0 Å². The van der Waals surface area contributed by atoms with E-state index in [0.717, 1.165) is 6.07 Å². The van der Waals surface area contributed by atoms with E-state index in [4.69, 9.17) is 14.2 Å². The molecule has 0 atom stereocenters. The lowest BCUT2D eigenvalue weighted by molar-refractivity contribution is 0.0837. The van der Waals surface area contributed by atoms with Crippen molar-refractivity contribution in [3.05, 3.63) is 106 Å². The van der Waals surface area contributed by atoms with Crippen LogP contribution in [0.3, 0.4) is 0 Å². The van der Waals surface area contributed by atoms with Crippen LogP contribution in [0.1, 0.15) is 16.1 Å². The minimum Gasteiger partial charge on any atom is -0.495 e. The number of benzene rings is 2. The van der Waals surface area contributed by atoms with Crippen LogP contribution in [-0.2, 0) is 17.9 Å². The summed E-state index contributed by atoms with van der Waals surface area (Å²) in [5.74, 6) is -1.20. The lowest BCUT2D eigenvalue weighted by Crippen LogP contribution is -2.30. The van der Waals surface area contributed by atoms with Gasteiger partial charge in [-0.1, -0.05) is 12.1 Å². The number of fused-ring (bicyclic) bond motifs is 2. The second-order valence-corrected chi connectivity index (χ2v) is 9.20. The third-order valence-corrected chi connectivity index (χ3v) is 6.65. The Morgan fingerprint density at radius 2 is 1.88 bits per heavy atom. The van der Waals surface area contributed by atoms with Gasteiger partial charge in [-0.05, 0) is 29.8 Å². The van der Waals surface area contributed by atoms with E-state index in [-0.39, 0.29) is 34.9 Å². The molecule has 0 unspecified atom stereocenters. The summed E-state index contributed by atoms with van der Waals surface area (Å²) in [6, 6.07) is 12.6. The highest BCUT2D eigenvalue weighted by atomic mass is 19.1. The zero-order chi connectivity index (χ0) is 28.5. The first-order valence-corrected chi connectivity index (χ1v) is 12.6. The van der Waals surface area contributed by atoms with Crippen molar-refractivity contribution in [3.8, 4) is 28.4 Å². The maximum atomic E-state index is 15.1. The van der Waals surface area contributed by atoms with E-state index in [1.165, 1.54) is 62.1 Å². The quantitative estimate of drug-likeness (QED) is 0.302. The third kappa shape index (κ3) is 5.10. The van der Waals surface area contributed by atoms with Crippen LogP contribution in [0.5, 0.6) is 17.2 Å². The number of ether oxygens (including phenoxy) is 3. The molecule has 5 aromatic rings. The molecule has 1 N–H and O–H groups in total. The highest BCUT2D eigenvalue weighted by molar-refractivity contribution is 6.04. The smallest absolute Gasteiger partial charge is 0.261 e. The Labute approximate surface area is 232 Å². The van der Waals surface area contributed by atoms with Gasteiger partial charge in [-0.15, -0.1) is 0 Å². The predicted molar refractivity (Wildman–Crippen MR) is 146 cm³/mol. The van der Waals surface area contributed by atoms with Gasteiger partial charge in [-0.25, -0.2) is 13.8 Å². The summed E-state index contributed by atoms with van der Waals surface area (Å²) in [4.78, 5) is 35.3. The number of hydrogen-bond acceptors (Lipinski definition) is 7. The number of nitrogens with zero attached hydrogens (tertiary/aromatic N) is 3. The monoisotopic (exact) mass is 556 g/mol. The molecule has 0 saturated heterocycles. The van der Waals surface area contributed by atoms with Crippen LogP contribution in [0, 0.1) is 11.6 Å². The van der Waals surface area contributed by atoms with Gasteiger partial charge in [-0.3, -0.25) is 14.6 Å². The highest BCUT2D eigenvalue weighted by Gasteiger charge is 2.23. The average Bonchev–Trinajstić information content (AvgIpc) is 2.98. The van der Waals surface area contributed by atoms with Crippen LogP contribution in [0.25, 0.3) is 22.2 Å². The number of halogens is 2. The Morgan fingerprint density at radius 1 is 1.05 bits per heavy atom. The zero-order valence-electron chi connectivity index (χ0n) is 21.7. The normalized spacial score (nSPS) is 12.6. The summed E-state index contributed by atoms with van der Waals surface area (Å²) in [5.41, 5.74) is 1.67. The summed E-state index contributed by atoms with van der Waals surface area (Å²) >= 11 is 0. The molecule has 1 aliphatic heterocycles. The summed E-state index contributed by atoms with van der Waals surface area (Å²) in [6.45, 7) is 1.00. The van der Waals surface area contributed by atoms with Gasteiger partial charge < -0.3 is 24.1 Å². The van der Waals surface area contributed by atoms with Crippen molar-refractivity contribution in [1.82, 2.24) is 14.5 Å². The summed E-state index contributed by atoms with van der Waals surface area (Å²) in [7, 11) is 1.51. The Balaban J connectivity index is 1.28. The fourth-order valence-electron chi connectivity index (χ4n) is 4.62. The van der Waals surface area contributed by atoms with E-state index < -0.39 is 23.0 Å². The molecule has 2 aromatic carbocycles. The molecule has 1 amide bonds. The van der Waals surface area contributed by atoms with E-state index in [0.29, 0.717) is 41.2 Å². The largest absolute Gasteiger partial charge is 0.495 e. The number of hydrogen-bond donors (Lipinski definition) is 1. The molecule has 4 heterocycles. The minimum absolute atomic E-state index is 0.0967. The zero-order valence-corrected chi connectivity index (χ0v) is 21.7. The molecule has 0 radical (unpaired) electrons. The lowest BCUT2D eigenvalue weighted by atomic mass is 10.00. The van der Waals surface area contributed by atoms with Crippen molar-refractivity contribution in [2.24, 2.45) is 0 Å². The van der Waals surface area contributed by atoms with Crippen molar-refractivity contribution < 1.29 is 27.8 Å². The SMILES string of the molecule is COc1cnc2c(Oc3ccc(NC(=O)c4cn5c(c(-c6ccc(F)cc6)c4=O)COCC5)cc3F)ccnc2c1. The Hall–Kier alpha value is -5.16. The van der Waals surface area contributed by atoms with Gasteiger partial charge in [0.15, 0.2) is 17.3 Å².